The summed E-state index contributed by atoms with van der Waals surface area (Å²) in [5, 5.41) is 9.55. The van der Waals surface area contributed by atoms with Crippen LogP contribution >= 0.6 is 0 Å². The number of hydrogen-bond donors (Lipinski definition) is 2. The Labute approximate surface area is 202 Å². The fourth-order valence-corrected chi connectivity index (χ4v) is 7.10. The van der Waals surface area contributed by atoms with E-state index in [4.69, 9.17) is 0 Å². The highest BCUT2D eigenvalue weighted by Crippen LogP contribution is 2.34. The number of rotatable bonds is 7. The molecule has 7 nitrogen and oxygen atoms in total. The van der Waals surface area contributed by atoms with E-state index in [1.807, 2.05) is 19.1 Å². The molecular weight excluding hydrogens is 450 g/mol. The van der Waals surface area contributed by atoms with Gasteiger partial charge in [-0.3, -0.25) is 4.72 Å². The van der Waals surface area contributed by atoms with Crippen molar-refractivity contribution in [3.63, 3.8) is 0 Å². The molecule has 2 aromatic rings. The van der Waals surface area contributed by atoms with Crippen LogP contribution in [0.4, 0.5) is 11.4 Å². The second-order valence-corrected chi connectivity index (χ2v) is 11.5. The van der Waals surface area contributed by atoms with Crippen LogP contribution in [0.3, 0.4) is 0 Å². The molecule has 0 bridgehead atoms. The summed E-state index contributed by atoms with van der Waals surface area (Å²) >= 11 is 0. The zero-order valence-corrected chi connectivity index (χ0v) is 21.1. The molecule has 2 aliphatic rings. The van der Waals surface area contributed by atoms with E-state index in [-0.39, 0.29) is 10.5 Å². The van der Waals surface area contributed by atoms with E-state index in [0.717, 1.165) is 56.8 Å². The number of aromatic carboxylic acids is 1. The first-order valence-electron chi connectivity index (χ1n) is 12.1. The van der Waals surface area contributed by atoms with Gasteiger partial charge in [0.1, 0.15) is 0 Å². The minimum atomic E-state index is -3.91. The van der Waals surface area contributed by atoms with Gasteiger partial charge >= 0.3 is 5.97 Å². The summed E-state index contributed by atoms with van der Waals surface area (Å²) in [5.41, 5.74) is 3.46. The highest BCUT2D eigenvalue weighted by Gasteiger charge is 2.27. The van der Waals surface area contributed by atoms with Crippen LogP contribution in [0.1, 0.15) is 52.7 Å². The number of carboxylic acid groups (broad SMARTS) is 1. The molecule has 0 amide bonds. The minimum absolute atomic E-state index is 0.0597. The lowest BCUT2D eigenvalue weighted by atomic mass is 9.96. The number of benzene rings is 2. The Balaban J connectivity index is 1.65. The van der Waals surface area contributed by atoms with Gasteiger partial charge in [0.25, 0.3) is 10.0 Å². The summed E-state index contributed by atoms with van der Waals surface area (Å²) in [7, 11) is -3.91. The molecule has 2 fully saturated rings. The Hall–Kier alpha value is -2.58. The van der Waals surface area contributed by atoms with Gasteiger partial charge in [0.05, 0.1) is 21.8 Å². The van der Waals surface area contributed by atoms with Gasteiger partial charge < -0.3 is 14.9 Å². The first kappa shape index (κ1) is 24.5. The molecule has 0 radical (unpaired) electrons. The largest absolute Gasteiger partial charge is 0.478 e. The lowest BCUT2D eigenvalue weighted by molar-refractivity contribution is 0.0697. The van der Waals surface area contributed by atoms with Crippen LogP contribution in [-0.2, 0) is 10.0 Å². The number of sulfonamides is 1. The Bertz CT molecular complexity index is 1150. The number of aryl methyl sites for hydroxylation is 3. The molecule has 0 spiro atoms. The van der Waals surface area contributed by atoms with Crippen molar-refractivity contribution in [1.29, 1.82) is 0 Å². The van der Waals surface area contributed by atoms with Gasteiger partial charge in [-0.15, -0.1) is 0 Å². The third-order valence-corrected chi connectivity index (χ3v) is 8.61. The normalized spacial score (nSPS) is 19.4. The van der Waals surface area contributed by atoms with Gasteiger partial charge in [-0.25, -0.2) is 13.2 Å². The quantitative estimate of drug-likeness (QED) is 0.603. The molecule has 1 atom stereocenters. The zero-order chi connectivity index (χ0) is 24.5. The van der Waals surface area contributed by atoms with Crippen LogP contribution in [0, 0.1) is 26.7 Å². The number of anilines is 2. The standard InChI is InChI=1S/C26H35N3O4S/c1-18-13-19(2)25(20(3)14-18)34(32,33)27-23-15-22(26(30)31)8-9-24(23)29-12-6-7-21(17-29)16-28-10-4-5-11-28/h8-9,13-15,21,27H,4-7,10-12,16-17H2,1-3H3,(H,30,31)/t21-/m0/s1. The molecule has 2 aromatic carbocycles. The molecule has 34 heavy (non-hydrogen) atoms. The van der Waals surface area contributed by atoms with Crippen molar-refractivity contribution in [3.8, 4) is 0 Å². The molecule has 2 saturated heterocycles. The van der Waals surface area contributed by atoms with Crippen molar-refractivity contribution in [2.75, 3.05) is 42.3 Å². The maximum absolute atomic E-state index is 13.5. The second kappa shape index (κ2) is 9.96. The van der Waals surface area contributed by atoms with Gasteiger partial charge in [-0.05, 0) is 94.8 Å². The fraction of sp³-hybridized carbons (Fsp3) is 0.500. The molecule has 0 unspecified atom stereocenters. The third kappa shape index (κ3) is 5.39. The molecule has 2 N–H and O–H groups in total. The van der Waals surface area contributed by atoms with Crippen LogP contribution in [0.5, 0.6) is 0 Å². The van der Waals surface area contributed by atoms with Gasteiger partial charge in [0.15, 0.2) is 0 Å². The molecule has 184 valence electrons. The fourth-order valence-electron chi connectivity index (χ4n) is 5.58. The van der Waals surface area contributed by atoms with Gasteiger partial charge in [-0.1, -0.05) is 17.7 Å². The predicted molar refractivity (Wildman–Crippen MR) is 135 cm³/mol. The summed E-state index contributed by atoms with van der Waals surface area (Å²) in [6, 6.07) is 8.45. The number of hydrogen-bond acceptors (Lipinski definition) is 5. The van der Waals surface area contributed by atoms with Crippen molar-refractivity contribution in [1.82, 2.24) is 4.90 Å². The van der Waals surface area contributed by atoms with Crippen molar-refractivity contribution in [3.05, 3.63) is 52.6 Å². The smallest absolute Gasteiger partial charge is 0.335 e. The van der Waals surface area contributed by atoms with E-state index in [2.05, 4.69) is 14.5 Å². The van der Waals surface area contributed by atoms with Crippen LogP contribution in [-0.4, -0.2) is 57.1 Å². The van der Waals surface area contributed by atoms with Crippen molar-refractivity contribution in [2.45, 2.75) is 51.3 Å². The number of carboxylic acids is 1. The lowest BCUT2D eigenvalue weighted by Gasteiger charge is -2.37. The molecule has 0 saturated carbocycles. The molecular formula is C26H35N3O4S. The van der Waals surface area contributed by atoms with E-state index in [1.165, 1.54) is 18.9 Å². The van der Waals surface area contributed by atoms with E-state index in [0.29, 0.717) is 22.7 Å². The number of carbonyl (C=O) groups is 1. The number of nitrogens with one attached hydrogen (secondary N) is 1. The van der Waals surface area contributed by atoms with Gasteiger partial charge in [-0.2, -0.15) is 0 Å². The summed E-state index contributed by atoms with van der Waals surface area (Å²) < 4.78 is 29.7. The number of likely N-dealkylation sites (tertiary alicyclic amines) is 1. The average molecular weight is 486 g/mol. The molecule has 4 rings (SSSR count). The van der Waals surface area contributed by atoms with Crippen LogP contribution < -0.4 is 9.62 Å². The first-order chi connectivity index (χ1) is 16.1. The highest BCUT2D eigenvalue weighted by atomic mass is 32.2. The molecule has 2 heterocycles. The summed E-state index contributed by atoms with van der Waals surface area (Å²) in [6.45, 7) is 10.5. The number of piperidine rings is 1. The van der Waals surface area contributed by atoms with Crippen LogP contribution in [0.25, 0.3) is 0 Å². The topological polar surface area (TPSA) is 89.9 Å². The van der Waals surface area contributed by atoms with Crippen LogP contribution in [0.2, 0.25) is 0 Å². The summed E-state index contributed by atoms with van der Waals surface area (Å²) in [4.78, 5) is 16.6. The predicted octanol–water partition coefficient (Wildman–Crippen LogP) is 4.42. The summed E-state index contributed by atoms with van der Waals surface area (Å²) in [5.74, 6) is -0.572. The van der Waals surface area contributed by atoms with Crippen LogP contribution in [0.15, 0.2) is 35.2 Å². The zero-order valence-electron chi connectivity index (χ0n) is 20.3. The molecule has 0 aromatic heterocycles. The van der Waals surface area contributed by atoms with Gasteiger partial charge in [0.2, 0.25) is 0 Å². The Morgan fingerprint density at radius 3 is 2.35 bits per heavy atom. The number of nitrogens with zero attached hydrogens (tertiary/aromatic N) is 2. The molecule has 8 heteroatoms. The van der Waals surface area contributed by atoms with E-state index >= 15 is 0 Å². The van der Waals surface area contributed by atoms with Gasteiger partial charge in [0, 0.05) is 19.6 Å². The Morgan fingerprint density at radius 2 is 1.71 bits per heavy atom. The van der Waals surface area contributed by atoms with E-state index in [9.17, 15) is 18.3 Å². The van der Waals surface area contributed by atoms with Crippen molar-refractivity contribution < 1.29 is 18.3 Å². The molecule has 2 aliphatic heterocycles. The van der Waals surface area contributed by atoms with E-state index < -0.39 is 16.0 Å². The SMILES string of the molecule is Cc1cc(C)c(S(=O)(=O)Nc2cc(C(=O)O)ccc2N2CCC[C@@H](CN3CCCC3)C2)c(C)c1. The lowest BCUT2D eigenvalue weighted by Crippen LogP contribution is -2.40. The molecule has 0 aliphatic carbocycles. The maximum atomic E-state index is 13.5. The maximum Gasteiger partial charge on any atom is 0.335 e. The third-order valence-electron chi connectivity index (χ3n) is 6.94. The van der Waals surface area contributed by atoms with Crippen molar-refractivity contribution in [2.24, 2.45) is 5.92 Å². The van der Waals surface area contributed by atoms with Crippen molar-refractivity contribution >= 4 is 27.4 Å². The Kier molecular flexibility index (Phi) is 7.19. The average Bonchev–Trinajstić information content (AvgIpc) is 3.25. The minimum Gasteiger partial charge on any atom is -0.478 e. The first-order valence-corrected chi connectivity index (χ1v) is 13.6. The highest BCUT2D eigenvalue weighted by molar-refractivity contribution is 7.92. The van der Waals surface area contributed by atoms with E-state index in [1.54, 1.807) is 26.0 Å². The second-order valence-electron chi connectivity index (χ2n) is 9.83. The monoisotopic (exact) mass is 485 g/mol. The Morgan fingerprint density at radius 1 is 1.03 bits per heavy atom. The summed E-state index contributed by atoms with van der Waals surface area (Å²) in [6.07, 6.45) is 4.71.